The van der Waals surface area contributed by atoms with Gasteiger partial charge in [0.2, 0.25) is 0 Å². The van der Waals surface area contributed by atoms with Gasteiger partial charge in [-0.3, -0.25) is 0 Å². The predicted molar refractivity (Wildman–Crippen MR) is 79.5 cm³/mol. The number of thioether (sulfide) groups is 1. The highest BCUT2D eigenvalue weighted by Crippen LogP contribution is 2.43. The molecule has 0 radical (unpaired) electrons. The summed E-state index contributed by atoms with van der Waals surface area (Å²) in [5.41, 5.74) is 1.46. The van der Waals surface area contributed by atoms with E-state index in [-0.39, 0.29) is 11.5 Å². The van der Waals surface area contributed by atoms with E-state index in [1.54, 1.807) is 12.1 Å². The number of hydrogen-bond donors (Lipinski definition) is 1. The van der Waals surface area contributed by atoms with Gasteiger partial charge in [0.15, 0.2) is 0 Å². The molecular formula is C16H19NO2S. The fourth-order valence-electron chi connectivity index (χ4n) is 3.26. The lowest BCUT2D eigenvalue weighted by atomic mass is 9.80. The van der Waals surface area contributed by atoms with Gasteiger partial charge in [-0.15, -0.1) is 0 Å². The maximum absolute atomic E-state index is 10.6. The molecule has 3 atom stereocenters. The van der Waals surface area contributed by atoms with Crippen LogP contribution in [0.1, 0.15) is 36.5 Å². The largest absolute Gasteiger partial charge is 0.388 e. The summed E-state index contributed by atoms with van der Waals surface area (Å²) in [6, 6.07) is 9.47. The minimum Gasteiger partial charge on any atom is -0.388 e. The van der Waals surface area contributed by atoms with Gasteiger partial charge in [0, 0.05) is 12.4 Å². The SMILES string of the molecule is N#Cc1cccc(C(O)C2CCOC3(CCSC3)C2)c1. The van der Waals surface area contributed by atoms with Crippen molar-refractivity contribution in [3.63, 3.8) is 0 Å². The Morgan fingerprint density at radius 3 is 3.15 bits per heavy atom. The third kappa shape index (κ3) is 2.71. The molecule has 2 aliphatic heterocycles. The molecule has 0 aliphatic carbocycles. The summed E-state index contributed by atoms with van der Waals surface area (Å²) in [5.74, 6) is 2.44. The fraction of sp³-hybridized carbons (Fsp3) is 0.562. The highest BCUT2D eigenvalue weighted by molar-refractivity contribution is 7.99. The highest BCUT2D eigenvalue weighted by Gasteiger charge is 2.42. The first-order chi connectivity index (χ1) is 9.72. The maximum Gasteiger partial charge on any atom is 0.0991 e. The fourth-order valence-corrected chi connectivity index (χ4v) is 4.64. The van der Waals surface area contributed by atoms with Crippen LogP contribution in [0.15, 0.2) is 24.3 Å². The number of nitrogens with zero attached hydrogens (tertiary/aromatic N) is 1. The summed E-state index contributed by atoms with van der Waals surface area (Å²) in [6.45, 7) is 0.736. The minimum absolute atomic E-state index is 0.0125. The van der Waals surface area contributed by atoms with E-state index in [2.05, 4.69) is 6.07 Å². The van der Waals surface area contributed by atoms with Crippen molar-refractivity contribution < 1.29 is 9.84 Å². The van der Waals surface area contributed by atoms with Crippen LogP contribution in [0.3, 0.4) is 0 Å². The van der Waals surface area contributed by atoms with Crippen molar-refractivity contribution in [2.45, 2.75) is 31.0 Å². The number of ether oxygens (including phenoxy) is 1. The lowest BCUT2D eigenvalue weighted by Gasteiger charge is -2.39. The van der Waals surface area contributed by atoms with Gasteiger partial charge < -0.3 is 9.84 Å². The maximum atomic E-state index is 10.6. The Labute approximate surface area is 123 Å². The van der Waals surface area contributed by atoms with Gasteiger partial charge in [0.05, 0.1) is 23.3 Å². The molecule has 3 nitrogen and oxygen atoms in total. The van der Waals surface area contributed by atoms with Crippen LogP contribution in [0.5, 0.6) is 0 Å². The van der Waals surface area contributed by atoms with Gasteiger partial charge in [-0.25, -0.2) is 0 Å². The second-order valence-electron chi connectivity index (χ2n) is 5.77. The first kappa shape index (κ1) is 13.9. The van der Waals surface area contributed by atoms with Crippen molar-refractivity contribution in [3.05, 3.63) is 35.4 Å². The summed E-state index contributed by atoms with van der Waals surface area (Å²) in [4.78, 5) is 0. The molecule has 0 bridgehead atoms. The van der Waals surface area contributed by atoms with Gasteiger partial charge in [0.25, 0.3) is 0 Å². The second kappa shape index (κ2) is 5.77. The number of nitriles is 1. The topological polar surface area (TPSA) is 53.2 Å². The average molecular weight is 289 g/mol. The van der Waals surface area contributed by atoms with Gasteiger partial charge in [0.1, 0.15) is 0 Å². The number of rotatable bonds is 2. The predicted octanol–water partition coefficient (Wildman–Crippen LogP) is 2.89. The average Bonchev–Trinajstić information content (AvgIpc) is 2.94. The summed E-state index contributed by atoms with van der Waals surface area (Å²) < 4.78 is 6.00. The van der Waals surface area contributed by atoms with Crippen LogP contribution in [-0.2, 0) is 4.74 Å². The smallest absolute Gasteiger partial charge is 0.0991 e. The Morgan fingerprint density at radius 2 is 2.40 bits per heavy atom. The van der Waals surface area contributed by atoms with Crippen LogP contribution in [-0.4, -0.2) is 28.8 Å². The molecule has 1 spiro atoms. The zero-order chi connectivity index (χ0) is 14.0. The zero-order valence-electron chi connectivity index (χ0n) is 11.4. The van der Waals surface area contributed by atoms with Crippen molar-refractivity contribution in [1.82, 2.24) is 0 Å². The Bertz CT molecular complexity index is 519. The molecule has 2 aliphatic rings. The molecule has 1 aromatic carbocycles. The van der Waals surface area contributed by atoms with E-state index in [4.69, 9.17) is 10.00 Å². The monoisotopic (exact) mass is 289 g/mol. The standard InChI is InChI=1S/C16H19NO2S/c17-10-12-2-1-3-13(8-12)15(18)14-4-6-19-16(9-14)5-7-20-11-16/h1-3,8,14-15,18H,4-7,9,11H2. The molecular weight excluding hydrogens is 270 g/mol. The van der Waals surface area contributed by atoms with Crippen molar-refractivity contribution in [3.8, 4) is 6.07 Å². The van der Waals surface area contributed by atoms with Gasteiger partial charge in [-0.2, -0.15) is 17.0 Å². The third-order valence-corrected chi connectivity index (χ3v) is 5.63. The summed E-state index contributed by atoms with van der Waals surface area (Å²) in [7, 11) is 0. The molecule has 3 unspecified atom stereocenters. The molecule has 2 fully saturated rings. The highest BCUT2D eigenvalue weighted by atomic mass is 32.2. The van der Waals surface area contributed by atoms with Gasteiger partial charge in [-0.1, -0.05) is 12.1 Å². The van der Waals surface area contributed by atoms with E-state index in [1.807, 2.05) is 23.9 Å². The number of aliphatic hydroxyl groups excluding tert-OH is 1. The quantitative estimate of drug-likeness (QED) is 0.909. The molecule has 4 heteroatoms. The lowest BCUT2D eigenvalue weighted by molar-refractivity contribution is -0.102. The van der Waals surface area contributed by atoms with E-state index in [0.717, 1.165) is 42.9 Å². The van der Waals surface area contributed by atoms with Crippen molar-refractivity contribution in [2.24, 2.45) is 5.92 Å². The van der Waals surface area contributed by atoms with Crippen LogP contribution >= 0.6 is 11.8 Å². The normalized spacial score (nSPS) is 31.1. The van der Waals surface area contributed by atoms with Crippen molar-refractivity contribution in [2.75, 3.05) is 18.1 Å². The Balaban J connectivity index is 1.76. The van der Waals surface area contributed by atoms with Crippen LogP contribution in [0, 0.1) is 17.2 Å². The molecule has 0 amide bonds. The zero-order valence-corrected chi connectivity index (χ0v) is 12.2. The van der Waals surface area contributed by atoms with Crippen LogP contribution in [0.4, 0.5) is 0 Å². The second-order valence-corrected chi connectivity index (χ2v) is 6.87. The first-order valence-electron chi connectivity index (χ1n) is 7.12. The van der Waals surface area contributed by atoms with Gasteiger partial charge >= 0.3 is 0 Å². The van der Waals surface area contributed by atoms with Crippen molar-refractivity contribution in [1.29, 1.82) is 5.26 Å². The van der Waals surface area contributed by atoms with E-state index < -0.39 is 6.10 Å². The summed E-state index contributed by atoms with van der Waals surface area (Å²) in [5, 5.41) is 19.6. The van der Waals surface area contributed by atoms with Crippen molar-refractivity contribution >= 4 is 11.8 Å². The number of benzene rings is 1. The van der Waals surface area contributed by atoms with Crippen LogP contribution in [0.2, 0.25) is 0 Å². The van der Waals surface area contributed by atoms with E-state index in [0.29, 0.717) is 5.56 Å². The summed E-state index contributed by atoms with van der Waals surface area (Å²) in [6.07, 6.45) is 2.43. The van der Waals surface area contributed by atoms with E-state index >= 15 is 0 Å². The molecule has 1 N–H and O–H groups in total. The lowest BCUT2D eigenvalue weighted by Crippen LogP contribution is -2.41. The van der Waals surface area contributed by atoms with Crippen LogP contribution < -0.4 is 0 Å². The molecule has 20 heavy (non-hydrogen) atoms. The molecule has 3 rings (SSSR count). The van der Waals surface area contributed by atoms with E-state index in [9.17, 15) is 5.11 Å². The molecule has 2 saturated heterocycles. The van der Waals surface area contributed by atoms with Gasteiger partial charge in [-0.05, 0) is 48.6 Å². The third-order valence-electron chi connectivity index (χ3n) is 4.40. The molecule has 0 aromatic heterocycles. The van der Waals surface area contributed by atoms with Crippen LogP contribution in [0.25, 0.3) is 0 Å². The Hall–Kier alpha value is -1.02. The minimum atomic E-state index is -0.491. The molecule has 1 aromatic rings. The number of aliphatic hydroxyl groups is 1. The Kier molecular flexibility index (Phi) is 4.02. The molecule has 2 heterocycles. The van der Waals surface area contributed by atoms with E-state index in [1.165, 1.54) is 0 Å². The first-order valence-corrected chi connectivity index (χ1v) is 8.28. The summed E-state index contributed by atoms with van der Waals surface area (Å²) >= 11 is 1.95. The Morgan fingerprint density at radius 1 is 1.50 bits per heavy atom. The number of hydrogen-bond acceptors (Lipinski definition) is 4. The molecule has 106 valence electrons. The molecule has 0 saturated carbocycles.